The fourth-order valence-corrected chi connectivity index (χ4v) is 0.535. The van der Waals surface area contributed by atoms with E-state index in [-0.39, 0.29) is 0 Å². The molecule has 0 radical (unpaired) electrons. The minimum absolute atomic E-state index is 0.783. The third-order valence-corrected chi connectivity index (χ3v) is 1.45. The molecule has 1 heteroatoms. The Hall–Kier alpha value is -1.11. The maximum Gasteiger partial charge on any atom is 0.146 e. The minimum atomic E-state index is 0.783. The Balaban J connectivity index is 4.26. The van der Waals surface area contributed by atoms with E-state index in [1.807, 2.05) is 45.1 Å². The van der Waals surface area contributed by atoms with E-state index in [0.717, 1.165) is 17.4 Å². The summed E-state index contributed by atoms with van der Waals surface area (Å²) in [6.45, 7) is 5.68. The molecule has 0 saturated carbocycles. The molecule has 0 fully saturated rings. The van der Waals surface area contributed by atoms with Crippen LogP contribution in [-0.4, -0.2) is 6.29 Å². The number of rotatable bonds is 3. The van der Waals surface area contributed by atoms with Crippen LogP contribution in [0.3, 0.4) is 0 Å². The SMILES string of the molecule is C/C=C/C=C/C(C)=C(\C)C=O. The average Bonchev–Trinajstić information content (AvgIpc) is 2.03. The van der Waals surface area contributed by atoms with Crippen molar-refractivity contribution in [3.8, 4) is 0 Å². The lowest BCUT2D eigenvalue weighted by Gasteiger charge is -1.91. The fraction of sp³-hybridized carbons (Fsp3) is 0.300. The Bertz CT molecular complexity index is 207. The third-order valence-electron chi connectivity index (χ3n) is 1.45. The number of carbonyl (C=O) groups excluding carboxylic acids is 1. The molecule has 11 heavy (non-hydrogen) atoms. The van der Waals surface area contributed by atoms with E-state index in [1.54, 1.807) is 0 Å². The van der Waals surface area contributed by atoms with Crippen molar-refractivity contribution in [2.24, 2.45) is 0 Å². The lowest BCUT2D eigenvalue weighted by molar-refractivity contribution is -0.104. The van der Waals surface area contributed by atoms with Crippen LogP contribution in [0, 0.1) is 0 Å². The first-order valence-corrected chi connectivity index (χ1v) is 3.64. The standard InChI is InChI=1S/C10H14O/c1-4-5-6-7-9(2)10(3)8-11/h4-8H,1-3H3/b5-4+,7-6+,10-9+. The smallest absolute Gasteiger partial charge is 0.146 e. The molecule has 0 rings (SSSR count). The summed E-state index contributed by atoms with van der Waals surface area (Å²) in [7, 11) is 0. The molecule has 0 aromatic carbocycles. The lowest BCUT2D eigenvalue weighted by atomic mass is 10.1. The van der Waals surface area contributed by atoms with Crippen LogP contribution in [-0.2, 0) is 4.79 Å². The van der Waals surface area contributed by atoms with Crippen molar-refractivity contribution in [1.82, 2.24) is 0 Å². The molecular weight excluding hydrogens is 136 g/mol. The van der Waals surface area contributed by atoms with Crippen LogP contribution in [0.15, 0.2) is 35.5 Å². The molecule has 0 aliphatic rings. The highest BCUT2D eigenvalue weighted by Crippen LogP contribution is 2.01. The first-order valence-electron chi connectivity index (χ1n) is 3.64. The molecular formula is C10H14O. The third kappa shape index (κ3) is 4.31. The molecule has 0 spiro atoms. The quantitative estimate of drug-likeness (QED) is 0.343. The van der Waals surface area contributed by atoms with Crippen LogP contribution < -0.4 is 0 Å². The van der Waals surface area contributed by atoms with Crippen molar-refractivity contribution < 1.29 is 4.79 Å². The summed E-state index contributed by atoms with van der Waals surface area (Å²) < 4.78 is 0. The highest BCUT2D eigenvalue weighted by atomic mass is 16.1. The van der Waals surface area contributed by atoms with E-state index in [2.05, 4.69) is 0 Å². The van der Waals surface area contributed by atoms with Gasteiger partial charge in [0.05, 0.1) is 0 Å². The molecule has 0 aliphatic heterocycles. The summed E-state index contributed by atoms with van der Waals surface area (Å²) in [4.78, 5) is 10.3. The Labute approximate surface area is 68.1 Å². The zero-order chi connectivity index (χ0) is 8.69. The van der Waals surface area contributed by atoms with E-state index in [4.69, 9.17) is 0 Å². The molecule has 0 atom stereocenters. The second kappa shape index (κ2) is 5.66. The summed E-state index contributed by atoms with van der Waals surface area (Å²) in [5.41, 5.74) is 1.80. The minimum Gasteiger partial charge on any atom is -0.298 e. The van der Waals surface area contributed by atoms with Gasteiger partial charge in [-0.15, -0.1) is 0 Å². The van der Waals surface area contributed by atoms with Gasteiger partial charge in [-0.05, 0) is 31.9 Å². The maximum absolute atomic E-state index is 10.3. The van der Waals surface area contributed by atoms with Gasteiger partial charge in [-0.2, -0.15) is 0 Å². The van der Waals surface area contributed by atoms with Crippen LogP contribution in [0.25, 0.3) is 0 Å². The van der Waals surface area contributed by atoms with E-state index >= 15 is 0 Å². The van der Waals surface area contributed by atoms with Crippen molar-refractivity contribution in [3.63, 3.8) is 0 Å². The summed E-state index contributed by atoms with van der Waals surface area (Å²) in [6.07, 6.45) is 8.59. The van der Waals surface area contributed by atoms with Gasteiger partial charge in [-0.25, -0.2) is 0 Å². The Morgan fingerprint density at radius 2 is 1.73 bits per heavy atom. The van der Waals surface area contributed by atoms with Crippen LogP contribution >= 0.6 is 0 Å². The molecule has 0 bridgehead atoms. The molecule has 0 aromatic heterocycles. The summed E-state index contributed by atoms with van der Waals surface area (Å²) >= 11 is 0. The molecule has 1 nitrogen and oxygen atoms in total. The zero-order valence-electron chi connectivity index (χ0n) is 7.29. The lowest BCUT2D eigenvalue weighted by Crippen LogP contribution is -1.80. The van der Waals surface area contributed by atoms with Gasteiger partial charge in [0.15, 0.2) is 0 Å². The Kier molecular flexibility index (Phi) is 5.09. The van der Waals surface area contributed by atoms with Gasteiger partial charge < -0.3 is 0 Å². The van der Waals surface area contributed by atoms with Crippen molar-refractivity contribution in [2.75, 3.05) is 0 Å². The van der Waals surface area contributed by atoms with Crippen molar-refractivity contribution >= 4 is 6.29 Å². The predicted molar refractivity (Wildman–Crippen MR) is 48.4 cm³/mol. The molecule has 0 heterocycles. The first-order chi connectivity index (χ1) is 5.22. The topological polar surface area (TPSA) is 17.1 Å². The molecule has 0 unspecified atom stereocenters. The number of hydrogen-bond acceptors (Lipinski definition) is 1. The van der Waals surface area contributed by atoms with E-state index in [1.165, 1.54) is 0 Å². The molecule has 0 amide bonds. The molecule has 0 aliphatic carbocycles. The van der Waals surface area contributed by atoms with Crippen LogP contribution in [0.1, 0.15) is 20.8 Å². The number of aldehydes is 1. The maximum atomic E-state index is 10.3. The number of allylic oxidation sites excluding steroid dienone is 6. The molecule has 0 N–H and O–H groups in total. The predicted octanol–water partition coefficient (Wildman–Crippen LogP) is 2.65. The monoisotopic (exact) mass is 150 g/mol. The summed E-state index contributed by atoms with van der Waals surface area (Å²) in [6, 6.07) is 0. The van der Waals surface area contributed by atoms with Gasteiger partial charge in [0.2, 0.25) is 0 Å². The van der Waals surface area contributed by atoms with E-state index in [0.29, 0.717) is 0 Å². The van der Waals surface area contributed by atoms with Gasteiger partial charge in [0.25, 0.3) is 0 Å². The Morgan fingerprint density at radius 1 is 1.09 bits per heavy atom. The van der Waals surface area contributed by atoms with Crippen molar-refractivity contribution in [2.45, 2.75) is 20.8 Å². The normalized spacial score (nSPS) is 14.1. The van der Waals surface area contributed by atoms with E-state index < -0.39 is 0 Å². The van der Waals surface area contributed by atoms with Crippen LogP contribution in [0.2, 0.25) is 0 Å². The number of hydrogen-bond donors (Lipinski definition) is 0. The zero-order valence-corrected chi connectivity index (χ0v) is 7.29. The molecule has 60 valence electrons. The molecule has 0 saturated heterocycles. The van der Waals surface area contributed by atoms with Gasteiger partial charge in [-0.1, -0.05) is 24.3 Å². The van der Waals surface area contributed by atoms with Crippen molar-refractivity contribution in [3.05, 3.63) is 35.5 Å². The Morgan fingerprint density at radius 3 is 2.18 bits per heavy atom. The highest BCUT2D eigenvalue weighted by Gasteiger charge is 1.87. The number of carbonyl (C=O) groups is 1. The largest absolute Gasteiger partial charge is 0.298 e. The van der Waals surface area contributed by atoms with Gasteiger partial charge in [-0.3, -0.25) is 4.79 Å². The summed E-state index contributed by atoms with van der Waals surface area (Å²) in [5.74, 6) is 0. The van der Waals surface area contributed by atoms with Crippen LogP contribution in [0.4, 0.5) is 0 Å². The average molecular weight is 150 g/mol. The summed E-state index contributed by atoms with van der Waals surface area (Å²) in [5, 5.41) is 0. The van der Waals surface area contributed by atoms with Gasteiger partial charge >= 0.3 is 0 Å². The molecule has 0 aromatic rings. The van der Waals surface area contributed by atoms with Gasteiger partial charge in [0.1, 0.15) is 6.29 Å². The fourth-order valence-electron chi connectivity index (χ4n) is 0.535. The highest BCUT2D eigenvalue weighted by molar-refractivity contribution is 5.74. The van der Waals surface area contributed by atoms with Gasteiger partial charge in [0, 0.05) is 0 Å². The second-order valence-corrected chi connectivity index (χ2v) is 2.37. The van der Waals surface area contributed by atoms with E-state index in [9.17, 15) is 4.79 Å². The second-order valence-electron chi connectivity index (χ2n) is 2.37. The first kappa shape index (κ1) is 9.89. The van der Waals surface area contributed by atoms with Crippen molar-refractivity contribution in [1.29, 1.82) is 0 Å². The van der Waals surface area contributed by atoms with Crippen LogP contribution in [0.5, 0.6) is 0 Å².